The van der Waals surface area contributed by atoms with Crippen LogP contribution in [0.25, 0.3) is 0 Å². The minimum atomic E-state index is -0.538. The van der Waals surface area contributed by atoms with Gasteiger partial charge in [-0.25, -0.2) is 4.79 Å². The molecule has 7 heteroatoms. The first kappa shape index (κ1) is 17.5. The molecule has 0 aliphatic heterocycles. The SMILES string of the molecule is NC(=O)CC(CCCCN=C(N)N)OC(=O)c1ccccc1. The monoisotopic (exact) mass is 306 g/mol. The van der Waals surface area contributed by atoms with Crippen molar-refractivity contribution in [1.82, 2.24) is 0 Å². The van der Waals surface area contributed by atoms with Crippen LogP contribution in [-0.2, 0) is 9.53 Å². The molecule has 0 heterocycles. The fourth-order valence-electron chi connectivity index (χ4n) is 1.91. The summed E-state index contributed by atoms with van der Waals surface area (Å²) < 4.78 is 5.35. The number of benzene rings is 1. The average Bonchev–Trinajstić information content (AvgIpc) is 2.46. The zero-order chi connectivity index (χ0) is 16.4. The molecule has 0 fully saturated rings. The highest BCUT2D eigenvalue weighted by Crippen LogP contribution is 2.12. The van der Waals surface area contributed by atoms with Gasteiger partial charge in [0.25, 0.3) is 0 Å². The van der Waals surface area contributed by atoms with Gasteiger partial charge in [0.1, 0.15) is 6.10 Å². The van der Waals surface area contributed by atoms with Gasteiger partial charge < -0.3 is 21.9 Å². The maximum absolute atomic E-state index is 12.0. The molecule has 1 aromatic rings. The van der Waals surface area contributed by atoms with Crippen LogP contribution in [0.15, 0.2) is 35.3 Å². The topological polar surface area (TPSA) is 134 Å². The molecular formula is C15H22N4O3. The third kappa shape index (κ3) is 7.28. The summed E-state index contributed by atoms with van der Waals surface area (Å²) in [6.07, 6.45) is 1.44. The lowest BCUT2D eigenvalue weighted by Crippen LogP contribution is -2.25. The standard InChI is InChI=1S/C15H22N4O3/c16-13(20)10-12(8-4-5-9-19-15(17)18)22-14(21)11-6-2-1-3-7-11/h1-3,6-7,12H,4-5,8-10H2,(H2,16,20)(H4,17,18,19). The summed E-state index contributed by atoms with van der Waals surface area (Å²) in [5, 5.41) is 0. The van der Waals surface area contributed by atoms with E-state index in [1.807, 2.05) is 0 Å². The molecule has 1 amide bonds. The zero-order valence-electron chi connectivity index (χ0n) is 12.4. The molecule has 0 saturated carbocycles. The van der Waals surface area contributed by atoms with Crippen molar-refractivity contribution in [2.75, 3.05) is 6.54 Å². The molecule has 0 radical (unpaired) electrons. The lowest BCUT2D eigenvalue weighted by Gasteiger charge is -2.16. The number of amides is 1. The molecule has 0 aliphatic rings. The van der Waals surface area contributed by atoms with Gasteiger partial charge >= 0.3 is 5.97 Å². The minimum absolute atomic E-state index is 0.000862. The van der Waals surface area contributed by atoms with E-state index in [-0.39, 0.29) is 12.4 Å². The number of esters is 1. The Hall–Kier alpha value is -2.57. The quantitative estimate of drug-likeness (QED) is 0.265. The number of guanidine groups is 1. The normalized spacial score (nSPS) is 11.5. The number of primary amides is 1. The fourth-order valence-corrected chi connectivity index (χ4v) is 1.91. The van der Waals surface area contributed by atoms with Crippen LogP contribution >= 0.6 is 0 Å². The van der Waals surface area contributed by atoms with Crippen LogP contribution < -0.4 is 17.2 Å². The molecule has 7 nitrogen and oxygen atoms in total. The van der Waals surface area contributed by atoms with E-state index in [2.05, 4.69) is 4.99 Å². The molecule has 0 spiro atoms. The molecule has 0 aliphatic carbocycles. The first-order valence-electron chi connectivity index (χ1n) is 7.08. The number of carbonyl (C=O) groups excluding carboxylic acids is 2. The molecule has 1 unspecified atom stereocenters. The molecule has 0 saturated heterocycles. The van der Waals surface area contributed by atoms with Gasteiger partial charge in [-0.15, -0.1) is 0 Å². The van der Waals surface area contributed by atoms with Gasteiger partial charge in [0.15, 0.2) is 5.96 Å². The lowest BCUT2D eigenvalue weighted by atomic mass is 10.1. The van der Waals surface area contributed by atoms with Crippen LogP contribution in [-0.4, -0.2) is 30.5 Å². The smallest absolute Gasteiger partial charge is 0.338 e. The number of nitrogens with two attached hydrogens (primary N) is 3. The highest BCUT2D eigenvalue weighted by Gasteiger charge is 2.17. The molecular weight excluding hydrogens is 284 g/mol. The van der Waals surface area contributed by atoms with E-state index < -0.39 is 18.0 Å². The van der Waals surface area contributed by atoms with E-state index in [1.165, 1.54) is 0 Å². The number of rotatable bonds is 9. The largest absolute Gasteiger partial charge is 0.458 e. The summed E-state index contributed by atoms with van der Waals surface area (Å²) in [5.41, 5.74) is 16.1. The van der Waals surface area contributed by atoms with Gasteiger partial charge in [0.05, 0.1) is 12.0 Å². The predicted octanol–water partition coefficient (Wildman–Crippen LogP) is 0.531. The molecule has 1 rings (SSSR count). The van der Waals surface area contributed by atoms with Crippen LogP contribution in [0, 0.1) is 0 Å². The molecule has 6 N–H and O–H groups in total. The van der Waals surface area contributed by atoms with Crippen LogP contribution in [0.2, 0.25) is 0 Å². The van der Waals surface area contributed by atoms with Crippen molar-refractivity contribution in [2.45, 2.75) is 31.8 Å². The maximum atomic E-state index is 12.0. The Kier molecular flexibility index (Phi) is 7.45. The summed E-state index contributed by atoms with van der Waals surface area (Å²) in [4.78, 5) is 26.9. The van der Waals surface area contributed by atoms with E-state index >= 15 is 0 Å². The minimum Gasteiger partial charge on any atom is -0.458 e. The number of carbonyl (C=O) groups is 2. The fraction of sp³-hybridized carbons (Fsp3) is 0.400. The average molecular weight is 306 g/mol. The molecule has 1 atom stereocenters. The van der Waals surface area contributed by atoms with Crippen molar-refractivity contribution in [3.63, 3.8) is 0 Å². The van der Waals surface area contributed by atoms with Gasteiger partial charge in [-0.05, 0) is 31.4 Å². The van der Waals surface area contributed by atoms with Crippen molar-refractivity contribution >= 4 is 17.8 Å². The molecule has 1 aromatic carbocycles. The highest BCUT2D eigenvalue weighted by molar-refractivity contribution is 5.89. The van der Waals surface area contributed by atoms with Crippen LogP contribution in [0.1, 0.15) is 36.0 Å². The first-order chi connectivity index (χ1) is 10.5. The number of nitrogens with zero attached hydrogens (tertiary/aromatic N) is 1. The highest BCUT2D eigenvalue weighted by atomic mass is 16.5. The first-order valence-corrected chi connectivity index (χ1v) is 7.08. The molecule has 120 valence electrons. The summed E-state index contributed by atoms with van der Waals surface area (Å²) in [7, 11) is 0. The van der Waals surface area contributed by atoms with Crippen molar-refractivity contribution in [3.05, 3.63) is 35.9 Å². The molecule has 0 aromatic heterocycles. The second kappa shape index (κ2) is 9.38. The van der Waals surface area contributed by atoms with Crippen molar-refractivity contribution < 1.29 is 14.3 Å². The summed E-state index contributed by atoms with van der Waals surface area (Å²) >= 11 is 0. The third-order valence-electron chi connectivity index (χ3n) is 2.94. The number of aliphatic imine (C=N–C) groups is 1. The van der Waals surface area contributed by atoms with Gasteiger partial charge in [-0.1, -0.05) is 18.2 Å². The van der Waals surface area contributed by atoms with Gasteiger partial charge in [-0.3, -0.25) is 9.79 Å². The van der Waals surface area contributed by atoms with Crippen molar-refractivity contribution in [1.29, 1.82) is 0 Å². The number of unbranched alkanes of at least 4 members (excludes halogenated alkanes) is 1. The Morgan fingerprint density at radius 2 is 1.77 bits per heavy atom. The predicted molar refractivity (Wildman–Crippen MR) is 84.0 cm³/mol. The van der Waals surface area contributed by atoms with E-state index in [1.54, 1.807) is 30.3 Å². The van der Waals surface area contributed by atoms with E-state index in [4.69, 9.17) is 21.9 Å². The molecule has 22 heavy (non-hydrogen) atoms. The third-order valence-corrected chi connectivity index (χ3v) is 2.94. The van der Waals surface area contributed by atoms with Crippen LogP contribution in [0.5, 0.6) is 0 Å². The second-order valence-corrected chi connectivity index (χ2v) is 4.87. The van der Waals surface area contributed by atoms with Gasteiger partial charge in [0.2, 0.25) is 5.91 Å². The Bertz CT molecular complexity index is 513. The Balaban J connectivity index is 2.48. The van der Waals surface area contributed by atoms with Crippen molar-refractivity contribution in [3.8, 4) is 0 Å². The summed E-state index contributed by atoms with van der Waals surface area (Å²) in [5.74, 6) is -0.921. The van der Waals surface area contributed by atoms with Crippen LogP contribution in [0.4, 0.5) is 0 Å². The Morgan fingerprint density at radius 3 is 2.36 bits per heavy atom. The van der Waals surface area contributed by atoms with Gasteiger partial charge in [0, 0.05) is 6.54 Å². The second-order valence-electron chi connectivity index (χ2n) is 4.87. The Morgan fingerprint density at radius 1 is 1.09 bits per heavy atom. The van der Waals surface area contributed by atoms with Crippen molar-refractivity contribution in [2.24, 2.45) is 22.2 Å². The number of hydrogen-bond acceptors (Lipinski definition) is 4. The molecule has 0 bridgehead atoms. The summed E-state index contributed by atoms with van der Waals surface area (Å²) in [6, 6.07) is 8.61. The number of ether oxygens (including phenoxy) is 1. The number of hydrogen-bond donors (Lipinski definition) is 3. The van der Waals surface area contributed by atoms with Gasteiger partial charge in [-0.2, -0.15) is 0 Å². The summed E-state index contributed by atoms with van der Waals surface area (Å²) in [6.45, 7) is 0.498. The van der Waals surface area contributed by atoms with E-state index in [9.17, 15) is 9.59 Å². The zero-order valence-corrected chi connectivity index (χ0v) is 12.4. The van der Waals surface area contributed by atoms with Crippen LogP contribution in [0.3, 0.4) is 0 Å². The van der Waals surface area contributed by atoms with E-state index in [0.717, 1.165) is 12.8 Å². The Labute approximate surface area is 129 Å². The maximum Gasteiger partial charge on any atom is 0.338 e. The van der Waals surface area contributed by atoms with E-state index in [0.29, 0.717) is 18.5 Å². The lowest BCUT2D eigenvalue weighted by molar-refractivity contribution is -0.120.